The molecule has 0 fully saturated rings. The van der Waals surface area contributed by atoms with E-state index in [9.17, 15) is 4.79 Å². The second-order valence-corrected chi connectivity index (χ2v) is 4.52. The number of carbonyl (C=O) groups excluding carboxylic acids is 1. The van der Waals surface area contributed by atoms with Crippen molar-refractivity contribution < 1.29 is 4.79 Å². The summed E-state index contributed by atoms with van der Waals surface area (Å²) in [5.74, 6) is 5.60. The average molecular weight is 248 g/mol. The van der Waals surface area contributed by atoms with E-state index >= 15 is 0 Å². The van der Waals surface area contributed by atoms with Crippen molar-refractivity contribution in [3.05, 3.63) is 71.3 Å². The zero-order valence-electron chi connectivity index (χ0n) is 11.0. The van der Waals surface area contributed by atoms with E-state index in [1.54, 1.807) is 0 Å². The molecule has 0 unspecified atom stereocenters. The normalized spacial score (nSPS) is 9.53. The first-order chi connectivity index (χ1) is 9.24. The number of aryl methyl sites for hydroxylation is 2. The maximum Gasteiger partial charge on any atom is 0.206 e. The minimum absolute atomic E-state index is 0.00979. The summed E-state index contributed by atoms with van der Waals surface area (Å²) < 4.78 is 0. The molecular formula is C18H16O. The number of hydrogen-bond donors (Lipinski definition) is 0. The van der Waals surface area contributed by atoms with Crippen molar-refractivity contribution in [1.29, 1.82) is 0 Å². The molecule has 0 saturated carbocycles. The van der Waals surface area contributed by atoms with Crippen LogP contribution in [0, 0.1) is 18.8 Å². The second-order valence-electron chi connectivity index (χ2n) is 4.52. The molecule has 1 nitrogen and oxygen atoms in total. The van der Waals surface area contributed by atoms with Crippen LogP contribution in [0.1, 0.15) is 23.1 Å². The lowest BCUT2D eigenvalue weighted by atomic mass is 10.1. The molecule has 0 radical (unpaired) electrons. The molecule has 0 atom stereocenters. The Bertz CT molecular complexity index is 598. The Morgan fingerprint density at radius 2 is 1.68 bits per heavy atom. The molecule has 0 amide bonds. The van der Waals surface area contributed by atoms with E-state index in [2.05, 4.69) is 11.8 Å². The molecule has 1 heteroatoms. The lowest BCUT2D eigenvalue weighted by molar-refractivity contribution is -0.113. The zero-order valence-corrected chi connectivity index (χ0v) is 11.0. The van der Waals surface area contributed by atoms with Gasteiger partial charge in [-0.25, -0.2) is 0 Å². The zero-order chi connectivity index (χ0) is 13.5. The first-order valence-electron chi connectivity index (χ1n) is 6.39. The van der Waals surface area contributed by atoms with Gasteiger partial charge in [-0.1, -0.05) is 53.9 Å². The Morgan fingerprint density at radius 1 is 1.00 bits per heavy atom. The fraction of sp³-hybridized carbons (Fsp3) is 0.167. The van der Waals surface area contributed by atoms with Crippen molar-refractivity contribution in [3.8, 4) is 11.8 Å². The van der Waals surface area contributed by atoms with Gasteiger partial charge in [0, 0.05) is 12.0 Å². The molecular weight excluding hydrogens is 232 g/mol. The Balaban J connectivity index is 1.90. The fourth-order valence-corrected chi connectivity index (χ4v) is 1.74. The van der Waals surface area contributed by atoms with E-state index in [0.29, 0.717) is 6.42 Å². The maximum atomic E-state index is 11.7. The molecule has 2 aromatic carbocycles. The van der Waals surface area contributed by atoms with Gasteiger partial charge in [0.15, 0.2) is 0 Å². The molecule has 0 heterocycles. The standard InChI is InChI=1S/C18H16O/c1-15-7-9-17(10-8-15)12-14-18(19)13-11-16-5-3-2-4-6-16/h2-10H,11,13H2,1H3. The van der Waals surface area contributed by atoms with E-state index in [4.69, 9.17) is 0 Å². The van der Waals surface area contributed by atoms with Crippen LogP contribution in [0.5, 0.6) is 0 Å². The third-order valence-corrected chi connectivity index (χ3v) is 2.88. The van der Waals surface area contributed by atoms with Gasteiger partial charge in [0.25, 0.3) is 0 Å². The van der Waals surface area contributed by atoms with Gasteiger partial charge in [0.05, 0.1) is 0 Å². The Labute approximate surface area is 114 Å². The van der Waals surface area contributed by atoms with Gasteiger partial charge in [0.1, 0.15) is 0 Å². The maximum absolute atomic E-state index is 11.7. The van der Waals surface area contributed by atoms with Crippen LogP contribution in [0.25, 0.3) is 0 Å². The van der Waals surface area contributed by atoms with Crippen LogP contribution in [-0.4, -0.2) is 5.78 Å². The summed E-state index contributed by atoms with van der Waals surface area (Å²) >= 11 is 0. The largest absolute Gasteiger partial charge is 0.285 e. The molecule has 0 N–H and O–H groups in total. The molecule has 94 valence electrons. The third kappa shape index (κ3) is 4.44. The summed E-state index contributed by atoms with van der Waals surface area (Å²) in [6, 6.07) is 17.9. The smallest absolute Gasteiger partial charge is 0.206 e. The lowest BCUT2D eigenvalue weighted by Gasteiger charge is -1.96. The highest BCUT2D eigenvalue weighted by atomic mass is 16.1. The molecule has 0 aromatic heterocycles. The third-order valence-electron chi connectivity index (χ3n) is 2.88. The second kappa shape index (κ2) is 6.56. The van der Waals surface area contributed by atoms with E-state index < -0.39 is 0 Å². The SMILES string of the molecule is Cc1ccc(C#CC(=O)CCc2ccccc2)cc1. The predicted molar refractivity (Wildman–Crippen MR) is 77.8 cm³/mol. The molecule has 19 heavy (non-hydrogen) atoms. The lowest BCUT2D eigenvalue weighted by Crippen LogP contribution is -1.96. The predicted octanol–water partition coefficient (Wildman–Crippen LogP) is 3.55. The van der Waals surface area contributed by atoms with Crippen LogP contribution in [-0.2, 0) is 11.2 Å². The molecule has 0 aliphatic heterocycles. The van der Waals surface area contributed by atoms with Gasteiger partial charge in [-0.15, -0.1) is 0 Å². The van der Waals surface area contributed by atoms with Crippen LogP contribution in [0.15, 0.2) is 54.6 Å². The quantitative estimate of drug-likeness (QED) is 0.759. The molecule has 0 aliphatic carbocycles. The number of rotatable bonds is 3. The van der Waals surface area contributed by atoms with Gasteiger partial charge in [-0.05, 0) is 37.0 Å². The van der Waals surface area contributed by atoms with Crippen molar-refractivity contribution in [3.63, 3.8) is 0 Å². The Morgan fingerprint density at radius 3 is 2.37 bits per heavy atom. The summed E-state index contributed by atoms with van der Waals surface area (Å²) in [6.45, 7) is 2.03. The minimum Gasteiger partial charge on any atom is -0.285 e. The van der Waals surface area contributed by atoms with Gasteiger partial charge in [-0.2, -0.15) is 0 Å². The van der Waals surface area contributed by atoms with Crippen LogP contribution < -0.4 is 0 Å². The van der Waals surface area contributed by atoms with Gasteiger partial charge < -0.3 is 0 Å². The van der Waals surface area contributed by atoms with Crippen LogP contribution >= 0.6 is 0 Å². The minimum atomic E-state index is -0.00979. The topological polar surface area (TPSA) is 17.1 Å². The summed E-state index contributed by atoms with van der Waals surface area (Å²) in [5.41, 5.74) is 3.26. The molecule has 0 saturated heterocycles. The first kappa shape index (κ1) is 13.1. The Kier molecular flexibility index (Phi) is 4.53. The number of benzene rings is 2. The van der Waals surface area contributed by atoms with Crippen molar-refractivity contribution >= 4 is 5.78 Å². The van der Waals surface area contributed by atoms with E-state index in [0.717, 1.165) is 12.0 Å². The molecule has 0 spiro atoms. The van der Waals surface area contributed by atoms with Crippen LogP contribution in [0.3, 0.4) is 0 Å². The van der Waals surface area contributed by atoms with Crippen LogP contribution in [0.4, 0.5) is 0 Å². The highest BCUT2D eigenvalue weighted by Crippen LogP contribution is 2.03. The number of Topliss-reactive ketones (excluding diaryl/α,β-unsaturated/α-hetero) is 1. The van der Waals surface area contributed by atoms with Gasteiger partial charge in [0.2, 0.25) is 5.78 Å². The Hall–Kier alpha value is -2.33. The van der Waals surface area contributed by atoms with Gasteiger partial charge in [-0.3, -0.25) is 4.79 Å². The van der Waals surface area contributed by atoms with Crippen molar-refractivity contribution in [2.45, 2.75) is 19.8 Å². The van der Waals surface area contributed by atoms with Crippen LogP contribution in [0.2, 0.25) is 0 Å². The molecule has 2 aromatic rings. The average Bonchev–Trinajstić information content (AvgIpc) is 2.45. The summed E-state index contributed by atoms with van der Waals surface area (Å²) in [7, 11) is 0. The van der Waals surface area contributed by atoms with E-state index in [1.807, 2.05) is 61.5 Å². The molecule has 0 bridgehead atoms. The number of carbonyl (C=O) groups is 1. The summed E-state index contributed by atoms with van der Waals surface area (Å²) in [4.78, 5) is 11.7. The van der Waals surface area contributed by atoms with E-state index in [1.165, 1.54) is 11.1 Å². The number of ketones is 1. The van der Waals surface area contributed by atoms with Crippen molar-refractivity contribution in [1.82, 2.24) is 0 Å². The molecule has 0 aliphatic rings. The number of hydrogen-bond acceptors (Lipinski definition) is 1. The first-order valence-corrected chi connectivity index (χ1v) is 6.39. The summed E-state index contributed by atoms with van der Waals surface area (Å²) in [6.07, 6.45) is 1.23. The van der Waals surface area contributed by atoms with E-state index in [-0.39, 0.29) is 5.78 Å². The highest BCUT2D eigenvalue weighted by molar-refractivity contribution is 5.96. The molecule has 2 rings (SSSR count). The fourth-order valence-electron chi connectivity index (χ4n) is 1.74. The van der Waals surface area contributed by atoms with Gasteiger partial charge >= 0.3 is 0 Å². The van der Waals surface area contributed by atoms with Crippen molar-refractivity contribution in [2.75, 3.05) is 0 Å². The highest BCUT2D eigenvalue weighted by Gasteiger charge is 1.98. The van der Waals surface area contributed by atoms with Crippen molar-refractivity contribution in [2.24, 2.45) is 0 Å². The summed E-state index contributed by atoms with van der Waals surface area (Å²) in [5, 5.41) is 0. The monoisotopic (exact) mass is 248 g/mol.